The van der Waals surface area contributed by atoms with Gasteiger partial charge in [0.05, 0.1) is 6.54 Å². The van der Waals surface area contributed by atoms with Crippen LogP contribution in [0.1, 0.15) is 43.3 Å². The van der Waals surface area contributed by atoms with Crippen LogP contribution in [-0.2, 0) is 23.1 Å². The van der Waals surface area contributed by atoms with Gasteiger partial charge in [0.1, 0.15) is 10.0 Å². The molecule has 0 aromatic carbocycles. The fourth-order valence-electron chi connectivity index (χ4n) is 2.36. The molecule has 0 saturated heterocycles. The summed E-state index contributed by atoms with van der Waals surface area (Å²) in [7, 11) is -3.45. The van der Waals surface area contributed by atoms with Crippen molar-refractivity contribution < 1.29 is 8.42 Å². The molecular weight excluding hydrogens is 318 g/mol. The molecule has 2 aromatic rings. The average Bonchev–Trinajstić information content (AvgIpc) is 3.00. The number of nitrogens with one attached hydrogen (secondary N) is 1. The predicted molar refractivity (Wildman–Crippen MR) is 87.4 cm³/mol. The van der Waals surface area contributed by atoms with Crippen molar-refractivity contribution in [2.24, 2.45) is 5.92 Å². The largest absolute Gasteiger partial charge is 0.334 e. The maximum atomic E-state index is 12.4. The fourth-order valence-corrected chi connectivity index (χ4v) is 4.88. The summed E-state index contributed by atoms with van der Waals surface area (Å²) in [6, 6.07) is 3.65. The van der Waals surface area contributed by atoms with Gasteiger partial charge in [-0.3, -0.25) is 0 Å². The second-order valence-electron chi connectivity index (χ2n) is 6.15. The number of nitrogens with zero attached hydrogens (tertiary/aromatic N) is 2. The van der Waals surface area contributed by atoms with E-state index in [0.717, 1.165) is 12.4 Å². The first-order valence-electron chi connectivity index (χ1n) is 7.55. The molecule has 1 aliphatic carbocycles. The molecule has 5 nitrogen and oxygen atoms in total. The van der Waals surface area contributed by atoms with Crippen molar-refractivity contribution in [3.8, 4) is 0 Å². The van der Waals surface area contributed by atoms with Crippen LogP contribution in [0.2, 0.25) is 0 Å². The molecule has 0 aliphatic heterocycles. The van der Waals surface area contributed by atoms with E-state index in [1.165, 1.54) is 29.1 Å². The molecule has 0 unspecified atom stereocenters. The van der Waals surface area contributed by atoms with Crippen LogP contribution < -0.4 is 4.72 Å². The minimum absolute atomic E-state index is 0.221. The Morgan fingerprint density at radius 1 is 1.41 bits per heavy atom. The molecule has 3 rings (SSSR count). The number of hydrogen-bond donors (Lipinski definition) is 1. The topological polar surface area (TPSA) is 64.0 Å². The van der Waals surface area contributed by atoms with Crippen LogP contribution in [0.3, 0.4) is 0 Å². The molecule has 22 heavy (non-hydrogen) atoms. The lowest BCUT2D eigenvalue weighted by atomic mass is 10.2. The van der Waals surface area contributed by atoms with E-state index >= 15 is 0 Å². The molecule has 0 atom stereocenters. The van der Waals surface area contributed by atoms with E-state index in [9.17, 15) is 8.42 Å². The Labute approximate surface area is 135 Å². The summed E-state index contributed by atoms with van der Waals surface area (Å²) in [5, 5.41) is 0. The van der Waals surface area contributed by atoms with Crippen molar-refractivity contribution in [1.29, 1.82) is 0 Å². The zero-order valence-corrected chi connectivity index (χ0v) is 14.5. The third-order valence-corrected chi connectivity index (χ3v) is 6.77. The van der Waals surface area contributed by atoms with Gasteiger partial charge in [-0.15, -0.1) is 11.3 Å². The lowest BCUT2D eigenvalue weighted by molar-refractivity contribution is 0.502. The van der Waals surface area contributed by atoms with Gasteiger partial charge in [0.2, 0.25) is 10.0 Å². The summed E-state index contributed by atoms with van der Waals surface area (Å²) in [5.74, 6) is 1.82. The normalized spacial score (nSPS) is 15.6. The summed E-state index contributed by atoms with van der Waals surface area (Å²) in [6.45, 7) is 5.30. The molecule has 7 heteroatoms. The molecule has 1 aliphatic rings. The Hall–Kier alpha value is -1.18. The monoisotopic (exact) mass is 339 g/mol. The molecule has 1 fully saturated rings. The number of hydrogen-bond acceptors (Lipinski definition) is 4. The van der Waals surface area contributed by atoms with Crippen molar-refractivity contribution in [3.63, 3.8) is 0 Å². The van der Waals surface area contributed by atoms with Crippen LogP contribution >= 0.6 is 11.3 Å². The highest BCUT2D eigenvalue weighted by Crippen LogP contribution is 2.43. The highest BCUT2D eigenvalue weighted by molar-refractivity contribution is 7.91. The molecule has 0 bridgehead atoms. The van der Waals surface area contributed by atoms with Gasteiger partial charge in [-0.25, -0.2) is 18.1 Å². The fraction of sp³-hybridized carbons (Fsp3) is 0.533. The van der Waals surface area contributed by atoms with Crippen LogP contribution in [0.5, 0.6) is 0 Å². The maximum absolute atomic E-state index is 12.4. The van der Waals surface area contributed by atoms with Gasteiger partial charge in [0.15, 0.2) is 0 Å². The molecule has 1 saturated carbocycles. The van der Waals surface area contributed by atoms with Gasteiger partial charge in [-0.05, 0) is 36.8 Å². The molecule has 120 valence electrons. The number of thiophene rings is 1. The minimum Gasteiger partial charge on any atom is -0.334 e. The third kappa shape index (κ3) is 3.59. The van der Waals surface area contributed by atoms with E-state index in [1.807, 2.05) is 16.8 Å². The Balaban J connectivity index is 1.68. The molecule has 0 amide bonds. The van der Waals surface area contributed by atoms with Crippen LogP contribution in [0.25, 0.3) is 0 Å². The zero-order chi connectivity index (χ0) is 15.7. The molecule has 0 radical (unpaired) electrons. The summed E-state index contributed by atoms with van der Waals surface area (Å²) in [6.07, 6.45) is 5.96. The average molecular weight is 339 g/mol. The van der Waals surface area contributed by atoms with E-state index in [-0.39, 0.29) is 6.54 Å². The molecule has 2 heterocycles. The van der Waals surface area contributed by atoms with Crippen LogP contribution in [-0.4, -0.2) is 18.0 Å². The van der Waals surface area contributed by atoms with E-state index in [4.69, 9.17) is 0 Å². The molecule has 0 spiro atoms. The van der Waals surface area contributed by atoms with Gasteiger partial charge >= 0.3 is 0 Å². The second kappa shape index (κ2) is 6.14. The standard InChI is InChI=1S/C15H21N3O2S2/c1-11(2)10-18-8-7-16-14(18)9-17-22(19,20)15-6-5-13(21-15)12-3-4-12/h5-8,11-12,17H,3-4,9-10H2,1-2H3. The van der Waals surface area contributed by atoms with Crippen molar-refractivity contribution in [2.45, 2.75) is 49.9 Å². The summed E-state index contributed by atoms with van der Waals surface area (Å²) in [4.78, 5) is 5.43. The first-order chi connectivity index (χ1) is 10.5. The van der Waals surface area contributed by atoms with E-state index in [2.05, 4.69) is 23.6 Å². The summed E-state index contributed by atoms with van der Waals surface area (Å²) in [5.41, 5.74) is 0. The summed E-state index contributed by atoms with van der Waals surface area (Å²) >= 11 is 1.38. The van der Waals surface area contributed by atoms with Crippen molar-refractivity contribution in [1.82, 2.24) is 14.3 Å². The molecule has 1 N–H and O–H groups in total. The Morgan fingerprint density at radius 2 is 2.18 bits per heavy atom. The SMILES string of the molecule is CC(C)Cn1ccnc1CNS(=O)(=O)c1ccc(C2CC2)s1. The lowest BCUT2D eigenvalue weighted by Crippen LogP contribution is -2.24. The van der Waals surface area contributed by atoms with Crippen molar-refractivity contribution in [3.05, 3.63) is 35.2 Å². The quantitative estimate of drug-likeness (QED) is 0.843. The van der Waals surface area contributed by atoms with Crippen LogP contribution in [0.15, 0.2) is 28.7 Å². The Bertz CT molecular complexity index is 742. The highest BCUT2D eigenvalue weighted by Gasteiger charge is 2.27. The van der Waals surface area contributed by atoms with E-state index < -0.39 is 10.0 Å². The zero-order valence-electron chi connectivity index (χ0n) is 12.8. The Kier molecular flexibility index (Phi) is 4.38. The first kappa shape index (κ1) is 15.7. The Morgan fingerprint density at radius 3 is 2.86 bits per heavy atom. The lowest BCUT2D eigenvalue weighted by Gasteiger charge is -2.10. The van der Waals surface area contributed by atoms with Gasteiger partial charge in [0, 0.05) is 23.8 Å². The smallest absolute Gasteiger partial charge is 0.250 e. The van der Waals surface area contributed by atoms with E-state index in [1.54, 1.807) is 12.3 Å². The van der Waals surface area contributed by atoms with Gasteiger partial charge < -0.3 is 4.57 Å². The minimum atomic E-state index is -3.45. The van der Waals surface area contributed by atoms with Gasteiger partial charge in [-0.2, -0.15) is 0 Å². The highest BCUT2D eigenvalue weighted by atomic mass is 32.2. The van der Waals surface area contributed by atoms with Crippen LogP contribution in [0, 0.1) is 5.92 Å². The maximum Gasteiger partial charge on any atom is 0.250 e. The number of sulfonamides is 1. The number of imidazole rings is 1. The number of rotatable bonds is 7. The molecule has 2 aromatic heterocycles. The van der Waals surface area contributed by atoms with E-state index in [0.29, 0.717) is 16.0 Å². The van der Waals surface area contributed by atoms with Crippen molar-refractivity contribution >= 4 is 21.4 Å². The van der Waals surface area contributed by atoms with Crippen molar-refractivity contribution in [2.75, 3.05) is 0 Å². The first-order valence-corrected chi connectivity index (χ1v) is 9.85. The predicted octanol–water partition coefficient (Wildman–Crippen LogP) is 2.96. The number of aromatic nitrogens is 2. The second-order valence-corrected chi connectivity index (χ2v) is 9.25. The molecular formula is C15H21N3O2S2. The van der Waals surface area contributed by atoms with Gasteiger partial charge in [-0.1, -0.05) is 13.8 Å². The summed E-state index contributed by atoms with van der Waals surface area (Å²) < 4.78 is 29.8. The van der Waals surface area contributed by atoms with Crippen LogP contribution in [0.4, 0.5) is 0 Å². The third-order valence-electron chi connectivity index (χ3n) is 3.63. The van der Waals surface area contributed by atoms with Gasteiger partial charge in [0.25, 0.3) is 0 Å².